The predicted molar refractivity (Wildman–Crippen MR) is 133 cm³/mol. The highest BCUT2D eigenvalue weighted by molar-refractivity contribution is 7.89. The van der Waals surface area contributed by atoms with Crippen LogP contribution in [0.5, 0.6) is 0 Å². The molecule has 2 fully saturated rings. The van der Waals surface area contributed by atoms with Crippen molar-refractivity contribution in [1.29, 1.82) is 0 Å². The fourth-order valence-corrected chi connectivity index (χ4v) is 7.09. The first-order chi connectivity index (χ1) is 16.5. The van der Waals surface area contributed by atoms with Gasteiger partial charge in [-0.3, -0.25) is 9.88 Å². The van der Waals surface area contributed by atoms with Crippen LogP contribution in [0.25, 0.3) is 11.1 Å². The second kappa shape index (κ2) is 9.58. The minimum atomic E-state index is -3.58. The van der Waals surface area contributed by atoms with Gasteiger partial charge < -0.3 is 5.11 Å². The Bertz CT molecular complexity index is 1230. The van der Waals surface area contributed by atoms with E-state index in [-0.39, 0.29) is 24.6 Å². The monoisotopic (exact) mass is 477 g/mol. The van der Waals surface area contributed by atoms with Gasteiger partial charge in [-0.2, -0.15) is 4.31 Å². The maximum absolute atomic E-state index is 13.5. The van der Waals surface area contributed by atoms with Gasteiger partial charge in [-0.15, -0.1) is 0 Å². The number of aliphatic hydroxyl groups is 1. The average molecular weight is 478 g/mol. The molecule has 3 heterocycles. The van der Waals surface area contributed by atoms with Gasteiger partial charge in [-0.25, -0.2) is 8.42 Å². The lowest BCUT2D eigenvalue weighted by molar-refractivity contribution is -0.0553. The highest BCUT2D eigenvalue weighted by Crippen LogP contribution is 2.43. The van der Waals surface area contributed by atoms with Crippen LogP contribution in [0.2, 0.25) is 0 Å². The Morgan fingerprint density at radius 2 is 1.79 bits per heavy atom. The van der Waals surface area contributed by atoms with Gasteiger partial charge in [0, 0.05) is 43.5 Å². The Kier molecular flexibility index (Phi) is 6.53. The van der Waals surface area contributed by atoms with Crippen LogP contribution in [-0.4, -0.2) is 66.0 Å². The van der Waals surface area contributed by atoms with Crippen LogP contribution in [-0.2, 0) is 10.0 Å². The third-order valence-corrected chi connectivity index (χ3v) is 9.11. The SMILES string of the molecule is Cc1cccc(S(=O)(=O)N2CCCCN3[C@@H](CO)[C@H](c4ccc(-c5cccnc5)cc4)[C@@H]3C2)c1. The Hall–Kier alpha value is -2.58. The summed E-state index contributed by atoms with van der Waals surface area (Å²) in [6, 6.07) is 19.6. The first-order valence-corrected chi connectivity index (χ1v) is 13.4. The largest absolute Gasteiger partial charge is 0.395 e. The lowest BCUT2D eigenvalue weighted by atomic mass is 9.74. The van der Waals surface area contributed by atoms with Crippen molar-refractivity contribution in [2.75, 3.05) is 26.2 Å². The maximum Gasteiger partial charge on any atom is 0.243 e. The van der Waals surface area contributed by atoms with Gasteiger partial charge in [-0.05, 0) is 66.8 Å². The van der Waals surface area contributed by atoms with Crippen LogP contribution in [0.4, 0.5) is 0 Å². The first kappa shape index (κ1) is 23.2. The molecule has 3 atom stereocenters. The van der Waals surface area contributed by atoms with E-state index in [4.69, 9.17) is 0 Å². The second-order valence-electron chi connectivity index (χ2n) is 9.33. The molecule has 1 N–H and O–H groups in total. The van der Waals surface area contributed by atoms with E-state index in [1.165, 1.54) is 0 Å². The zero-order valence-electron chi connectivity index (χ0n) is 19.4. The van der Waals surface area contributed by atoms with Crippen molar-refractivity contribution in [3.63, 3.8) is 0 Å². The van der Waals surface area contributed by atoms with E-state index >= 15 is 0 Å². The number of rotatable bonds is 5. The summed E-state index contributed by atoms with van der Waals surface area (Å²) in [5.74, 6) is 0.0845. The highest BCUT2D eigenvalue weighted by atomic mass is 32.2. The smallest absolute Gasteiger partial charge is 0.243 e. The summed E-state index contributed by atoms with van der Waals surface area (Å²) >= 11 is 0. The summed E-state index contributed by atoms with van der Waals surface area (Å²) in [5, 5.41) is 10.2. The van der Waals surface area contributed by atoms with Gasteiger partial charge in [0.25, 0.3) is 0 Å². The van der Waals surface area contributed by atoms with Gasteiger partial charge in [0.05, 0.1) is 11.5 Å². The van der Waals surface area contributed by atoms with Crippen LogP contribution in [0.15, 0.2) is 78.0 Å². The molecule has 0 amide bonds. The van der Waals surface area contributed by atoms with Gasteiger partial charge in [0.15, 0.2) is 0 Å². The summed E-state index contributed by atoms with van der Waals surface area (Å²) in [4.78, 5) is 6.86. The molecule has 7 heteroatoms. The summed E-state index contributed by atoms with van der Waals surface area (Å²) in [7, 11) is -3.58. The number of aliphatic hydroxyl groups excluding tert-OH is 1. The number of benzene rings is 2. The van der Waals surface area contributed by atoms with Crippen molar-refractivity contribution < 1.29 is 13.5 Å². The Labute approximate surface area is 201 Å². The maximum atomic E-state index is 13.5. The molecule has 0 aliphatic carbocycles. The molecular formula is C27H31N3O3S. The number of aryl methyl sites for hydroxylation is 1. The van der Waals surface area contributed by atoms with Gasteiger partial charge in [0.2, 0.25) is 10.0 Å². The first-order valence-electron chi connectivity index (χ1n) is 11.9. The topological polar surface area (TPSA) is 73.7 Å². The van der Waals surface area contributed by atoms with Crippen LogP contribution in [0.3, 0.4) is 0 Å². The minimum absolute atomic E-state index is 0.0101. The molecule has 2 aliphatic rings. The third-order valence-electron chi connectivity index (χ3n) is 7.25. The molecule has 2 aromatic carbocycles. The number of fused-ring (bicyclic) bond motifs is 1. The zero-order chi connectivity index (χ0) is 23.7. The molecule has 34 heavy (non-hydrogen) atoms. The second-order valence-corrected chi connectivity index (χ2v) is 11.3. The quantitative estimate of drug-likeness (QED) is 0.607. The van der Waals surface area contributed by atoms with E-state index in [0.717, 1.165) is 41.6 Å². The van der Waals surface area contributed by atoms with Crippen LogP contribution in [0.1, 0.15) is 29.9 Å². The molecule has 0 radical (unpaired) electrons. The molecule has 0 unspecified atom stereocenters. The number of hydrogen-bond donors (Lipinski definition) is 1. The summed E-state index contributed by atoms with van der Waals surface area (Å²) in [5.41, 5.74) is 4.23. The average Bonchev–Trinajstić information content (AvgIpc) is 2.84. The minimum Gasteiger partial charge on any atom is -0.395 e. The molecule has 6 nitrogen and oxygen atoms in total. The molecule has 2 aliphatic heterocycles. The van der Waals surface area contributed by atoms with Crippen molar-refractivity contribution in [2.24, 2.45) is 0 Å². The van der Waals surface area contributed by atoms with E-state index in [1.807, 2.05) is 31.3 Å². The molecule has 1 aromatic heterocycles. The van der Waals surface area contributed by atoms with Gasteiger partial charge >= 0.3 is 0 Å². The Balaban J connectivity index is 1.43. The fourth-order valence-electron chi connectivity index (χ4n) is 5.48. The Morgan fingerprint density at radius 1 is 1.00 bits per heavy atom. The molecule has 2 saturated heterocycles. The third kappa shape index (κ3) is 4.29. The lowest BCUT2D eigenvalue weighted by Crippen LogP contribution is -2.67. The standard InChI is InChI=1S/C27H31N3O3S/c1-20-6-4-8-24(16-20)34(32,33)29-14-2-3-15-30-25(18-29)27(26(30)19-31)22-11-9-21(10-12-22)23-7-5-13-28-17-23/h4-13,16-17,25-27,31H,2-3,14-15,18-19H2,1H3/t25-,26-,27+/m0/s1. The van der Waals surface area contributed by atoms with E-state index in [9.17, 15) is 13.5 Å². The number of pyridine rings is 1. The lowest BCUT2D eigenvalue weighted by Gasteiger charge is -2.57. The van der Waals surface area contributed by atoms with E-state index < -0.39 is 10.0 Å². The van der Waals surface area contributed by atoms with E-state index in [0.29, 0.717) is 18.0 Å². The van der Waals surface area contributed by atoms with Crippen LogP contribution in [0, 0.1) is 6.92 Å². The van der Waals surface area contributed by atoms with Crippen molar-refractivity contribution in [3.8, 4) is 11.1 Å². The van der Waals surface area contributed by atoms with Gasteiger partial charge in [-0.1, -0.05) is 42.5 Å². The summed E-state index contributed by atoms with van der Waals surface area (Å²) < 4.78 is 28.7. The summed E-state index contributed by atoms with van der Waals surface area (Å²) in [6.45, 7) is 3.82. The highest BCUT2D eigenvalue weighted by Gasteiger charge is 2.50. The van der Waals surface area contributed by atoms with Gasteiger partial charge in [0.1, 0.15) is 0 Å². The molecule has 0 saturated carbocycles. The van der Waals surface area contributed by atoms with Crippen molar-refractivity contribution in [3.05, 3.63) is 84.2 Å². The molecule has 3 aromatic rings. The molecule has 0 bridgehead atoms. The van der Waals surface area contributed by atoms with Crippen LogP contribution >= 0.6 is 0 Å². The fraction of sp³-hybridized carbons (Fsp3) is 0.370. The number of hydrogen-bond acceptors (Lipinski definition) is 5. The van der Waals surface area contributed by atoms with Crippen molar-refractivity contribution >= 4 is 10.0 Å². The molecular weight excluding hydrogens is 446 g/mol. The molecule has 5 rings (SSSR count). The van der Waals surface area contributed by atoms with Crippen molar-refractivity contribution in [2.45, 2.75) is 42.7 Å². The van der Waals surface area contributed by atoms with Crippen molar-refractivity contribution in [1.82, 2.24) is 14.2 Å². The number of nitrogens with zero attached hydrogens (tertiary/aromatic N) is 3. The number of aromatic nitrogens is 1. The van der Waals surface area contributed by atoms with E-state index in [1.54, 1.807) is 28.7 Å². The Morgan fingerprint density at radius 3 is 2.50 bits per heavy atom. The zero-order valence-corrected chi connectivity index (χ0v) is 20.2. The molecule has 178 valence electrons. The normalized spacial score (nSPS) is 24.0. The van der Waals surface area contributed by atoms with E-state index in [2.05, 4.69) is 34.1 Å². The predicted octanol–water partition coefficient (Wildman–Crippen LogP) is 3.67. The molecule has 0 spiro atoms. The van der Waals surface area contributed by atoms with Crippen LogP contribution < -0.4 is 0 Å². The summed E-state index contributed by atoms with van der Waals surface area (Å²) in [6.07, 6.45) is 5.34. The number of sulfonamides is 1.